The highest BCUT2D eigenvalue weighted by atomic mass is 32.1. The molecule has 0 spiro atoms. The van der Waals surface area contributed by atoms with Crippen molar-refractivity contribution in [1.29, 1.82) is 0 Å². The van der Waals surface area contributed by atoms with E-state index in [2.05, 4.69) is 22.6 Å². The average Bonchev–Trinajstić information content (AvgIpc) is 2.38. The fourth-order valence-electron chi connectivity index (χ4n) is 0.719. The molecule has 1 aromatic heterocycles. The Morgan fingerprint density at radius 1 is 1.80 bits per heavy atom. The molecule has 1 aromatic rings. The Morgan fingerprint density at radius 3 is 3.10 bits per heavy atom. The number of aliphatic hydroxyl groups excluding tert-OH is 1. The molecule has 4 heteroatoms. The average molecular weight is 158 g/mol. The third-order valence-electron chi connectivity index (χ3n) is 1.24. The van der Waals surface area contributed by atoms with Gasteiger partial charge in [-0.05, 0) is 6.42 Å². The van der Waals surface area contributed by atoms with Crippen LogP contribution >= 0.6 is 12.6 Å². The van der Waals surface area contributed by atoms with Crippen molar-refractivity contribution >= 4 is 12.6 Å². The second-order valence-electron chi connectivity index (χ2n) is 2.00. The first-order valence-corrected chi connectivity index (χ1v) is 3.64. The standard InChI is InChI=1S/C6H10N2OS/c9-4-1-5(10)6-7-2-3-8-6/h2-3,5,9-10H,1,4H2,(H,7,8). The van der Waals surface area contributed by atoms with Crippen molar-refractivity contribution in [2.45, 2.75) is 11.7 Å². The molecule has 2 N–H and O–H groups in total. The molecule has 0 amide bonds. The molecule has 0 aliphatic carbocycles. The van der Waals surface area contributed by atoms with Crippen LogP contribution in [0.5, 0.6) is 0 Å². The lowest BCUT2D eigenvalue weighted by molar-refractivity contribution is 0.286. The second kappa shape index (κ2) is 3.63. The Bertz CT molecular complexity index is 176. The van der Waals surface area contributed by atoms with Gasteiger partial charge in [0.2, 0.25) is 0 Å². The minimum absolute atomic E-state index is 0.0278. The number of aromatic nitrogens is 2. The van der Waals surface area contributed by atoms with Crippen LogP contribution in [0.25, 0.3) is 0 Å². The molecule has 56 valence electrons. The number of thiol groups is 1. The zero-order chi connectivity index (χ0) is 7.40. The smallest absolute Gasteiger partial charge is 0.119 e. The van der Waals surface area contributed by atoms with Gasteiger partial charge in [-0.2, -0.15) is 12.6 Å². The summed E-state index contributed by atoms with van der Waals surface area (Å²) in [4.78, 5) is 6.91. The van der Waals surface area contributed by atoms with Gasteiger partial charge < -0.3 is 10.1 Å². The molecule has 0 aromatic carbocycles. The molecule has 0 saturated heterocycles. The van der Waals surface area contributed by atoms with Crippen molar-refractivity contribution in [1.82, 2.24) is 9.97 Å². The highest BCUT2D eigenvalue weighted by Gasteiger charge is 2.06. The number of aromatic amines is 1. The van der Waals surface area contributed by atoms with E-state index in [1.807, 2.05) is 0 Å². The molecule has 1 heterocycles. The van der Waals surface area contributed by atoms with Crippen molar-refractivity contribution < 1.29 is 5.11 Å². The minimum atomic E-state index is 0.0278. The van der Waals surface area contributed by atoms with Crippen LogP contribution in [0.3, 0.4) is 0 Å². The van der Waals surface area contributed by atoms with E-state index in [1.165, 1.54) is 0 Å². The Morgan fingerprint density at radius 2 is 2.60 bits per heavy atom. The molecule has 1 rings (SSSR count). The number of rotatable bonds is 3. The van der Waals surface area contributed by atoms with Crippen molar-refractivity contribution in [3.8, 4) is 0 Å². The highest BCUT2D eigenvalue weighted by Crippen LogP contribution is 2.18. The fraction of sp³-hybridized carbons (Fsp3) is 0.500. The topological polar surface area (TPSA) is 48.9 Å². The van der Waals surface area contributed by atoms with Crippen LogP contribution < -0.4 is 0 Å². The Hall–Kier alpha value is -0.480. The summed E-state index contributed by atoms with van der Waals surface area (Å²) in [5, 5.41) is 8.57. The zero-order valence-electron chi connectivity index (χ0n) is 5.49. The van der Waals surface area contributed by atoms with Gasteiger partial charge in [0.05, 0.1) is 5.25 Å². The van der Waals surface area contributed by atoms with Gasteiger partial charge in [-0.15, -0.1) is 0 Å². The minimum Gasteiger partial charge on any atom is -0.396 e. The Labute approximate surface area is 64.9 Å². The van der Waals surface area contributed by atoms with Crippen molar-refractivity contribution in [3.63, 3.8) is 0 Å². The van der Waals surface area contributed by atoms with Crippen LogP contribution in [0, 0.1) is 0 Å². The summed E-state index contributed by atoms with van der Waals surface area (Å²) >= 11 is 4.21. The van der Waals surface area contributed by atoms with Crippen LogP contribution in [-0.4, -0.2) is 21.7 Å². The van der Waals surface area contributed by atoms with Crippen molar-refractivity contribution in [3.05, 3.63) is 18.2 Å². The lowest BCUT2D eigenvalue weighted by Gasteiger charge is -2.02. The summed E-state index contributed by atoms with van der Waals surface area (Å²) < 4.78 is 0. The van der Waals surface area contributed by atoms with E-state index in [9.17, 15) is 0 Å². The van der Waals surface area contributed by atoms with Crippen LogP contribution in [0.4, 0.5) is 0 Å². The number of aliphatic hydroxyl groups is 1. The van der Waals surface area contributed by atoms with Gasteiger partial charge in [0.25, 0.3) is 0 Å². The maximum atomic E-state index is 8.54. The first kappa shape index (κ1) is 7.63. The van der Waals surface area contributed by atoms with Crippen LogP contribution in [0.2, 0.25) is 0 Å². The number of nitrogens with zero attached hydrogens (tertiary/aromatic N) is 1. The molecule has 0 saturated carbocycles. The molecule has 0 aliphatic rings. The number of hydrogen-bond acceptors (Lipinski definition) is 3. The SMILES string of the molecule is OCCC(S)c1ncc[nH]1. The summed E-state index contributed by atoms with van der Waals surface area (Å²) in [5.74, 6) is 0.817. The maximum absolute atomic E-state index is 8.54. The molecule has 1 unspecified atom stereocenters. The molecule has 0 bridgehead atoms. The molecule has 10 heavy (non-hydrogen) atoms. The monoisotopic (exact) mass is 158 g/mol. The van der Waals surface area contributed by atoms with Gasteiger partial charge >= 0.3 is 0 Å². The van der Waals surface area contributed by atoms with Gasteiger partial charge in [0, 0.05) is 19.0 Å². The summed E-state index contributed by atoms with van der Waals surface area (Å²) in [6, 6.07) is 0. The molecular weight excluding hydrogens is 148 g/mol. The van der Waals surface area contributed by atoms with Crippen molar-refractivity contribution in [2.75, 3.05) is 6.61 Å². The van der Waals surface area contributed by atoms with E-state index in [0.717, 1.165) is 5.82 Å². The largest absolute Gasteiger partial charge is 0.396 e. The van der Waals surface area contributed by atoms with Crippen molar-refractivity contribution in [2.24, 2.45) is 0 Å². The van der Waals surface area contributed by atoms with E-state index in [-0.39, 0.29) is 11.9 Å². The van der Waals surface area contributed by atoms with E-state index in [4.69, 9.17) is 5.11 Å². The van der Waals surface area contributed by atoms with Gasteiger partial charge in [-0.25, -0.2) is 4.98 Å². The zero-order valence-corrected chi connectivity index (χ0v) is 6.38. The third kappa shape index (κ3) is 1.75. The summed E-state index contributed by atoms with van der Waals surface area (Å²) in [7, 11) is 0. The number of H-pyrrole nitrogens is 1. The molecule has 0 aliphatic heterocycles. The molecule has 1 atom stereocenters. The van der Waals surface area contributed by atoms with E-state index in [1.54, 1.807) is 12.4 Å². The summed E-state index contributed by atoms with van der Waals surface area (Å²) in [6.45, 7) is 0.148. The van der Waals surface area contributed by atoms with E-state index < -0.39 is 0 Å². The molecular formula is C6H10N2OS. The lowest BCUT2D eigenvalue weighted by Crippen LogP contribution is -1.95. The predicted octanol–water partition coefficient (Wildman–Crippen LogP) is 0.763. The van der Waals surface area contributed by atoms with E-state index in [0.29, 0.717) is 6.42 Å². The van der Waals surface area contributed by atoms with Crippen LogP contribution in [0.15, 0.2) is 12.4 Å². The van der Waals surface area contributed by atoms with Gasteiger partial charge in [-0.1, -0.05) is 0 Å². The predicted molar refractivity (Wildman–Crippen MR) is 42.0 cm³/mol. The molecule has 3 nitrogen and oxygen atoms in total. The van der Waals surface area contributed by atoms with Gasteiger partial charge in [-0.3, -0.25) is 0 Å². The molecule has 0 fully saturated rings. The Kier molecular flexibility index (Phi) is 2.77. The number of nitrogens with one attached hydrogen (secondary N) is 1. The molecule has 0 radical (unpaired) electrons. The maximum Gasteiger partial charge on any atom is 0.119 e. The summed E-state index contributed by atoms with van der Waals surface area (Å²) in [5.41, 5.74) is 0. The summed E-state index contributed by atoms with van der Waals surface area (Å²) in [6.07, 6.45) is 4.06. The third-order valence-corrected chi connectivity index (χ3v) is 1.74. The number of imidazole rings is 1. The van der Waals surface area contributed by atoms with Crippen LogP contribution in [0.1, 0.15) is 17.5 Å². The Balaban J connectivity index is 2.50. The van der Waals surface area contributed by atoms with E-state index >= 15 is 0 Å². The second-order valence-corrected chi connectivity index (χ2v) is 2.63. The first-order chi connectivity index (χ1) is 4.84. The van der Waals surface area contributed by atoms with Gasteiger partial charge in [0.1, 0.15) is 5.82 Å². The van der Waals surface area contributed by atoms with Crippen LogP contribution in [-0.2, 0) is 0 Å². The fourth-order valence-corrected chi connectivity index (χ4v) is 0.975. The number of hydrogen-bond donors (Lipinski definition) is 3. The quantitative estimate of drug-likeness (QED) is 0.569. The highest BCUT2D eigenvalue weighted by molar-refractivity contribution is 7.80. The van der Waals surface area contributed by atoms with Gasteiger partial charge in [0.15, 0.2) is 0 Å². The lowest BCUT2D eigenvalue weighted by atomic mass is 10.3. The first-order valence-electron chi connectivity index (χ1n) is 3.13. The normalized spacial score (nSPS) is 13.4.